The Hall–Kier alpha value is -4.15. The Morgan fingerprint density at radius 3 is 1.74 bits per heavy atom. The van der Waals surface area contributed by atoms with Crippen LogP contribution in [0.3, 0.4) is 0 Å². The molecule has 0 amide bonds. The molecule has 1 spiro atoms. The summed E-state index contributed by atoms with van der Waals surface area (Å²) in [5, 5.41) is 12.1. The van der Waals surface area contributed by atoms with Crippen LogP contribution in [-0.4, -0.2) is 4.92 Å². The summed E-state index contributed by atoms with van der Waals surface area (Å²) in [7, 11) is 0. The van der Waals surface area contributed by atoms with E-state index in [1.807, 2.05) is 24.3 Å². The van der Waals surface area contributed by atoms with E-state index in [2.05, 4.69) is 78.9 Å². The van der Waals surface area contributed by atoms with Gasteiger partial charge in [0.15, 0.2) is 0 Å². The molecule has 0 aromatic heterocycles. The highest BCUT2D eigenvalue weighted by Gasteiger charge is 2.51. The van der Waals surface area contributed by atoms with E-state index in [-0.39, 0.29) is 10.6 Å². The molecule has 1 aliphatic carbocycles. The first-order valence-corrected chi connectivity index (χ1v) is 12.4. The first-order chi connectivity index (χ1) is 17.2. The summed E-state index contributed by atoms with van der Waals surface area (Å²) in [6.07, 6.45) is 0. The van der Waals surface area contributed by atoms with Crippen LogP contribution in [0.5, 0.6) is 0 Å². The Balaban J connectivity index is 1.70. The van der Waals surface area contributed by atoms with Gasteiger partial charge in [0, 0.05) is 15.9 Å². The predicted molar refractivity (Wildman–Crippen MR) is 140 cm³/mol. The molecular weight excluding hydrogens is 450 g/mol. The Kier molecular flexibility index (Phi) is 4.29. The zero-order valence-electron chi connectivity index (χ0n) is 18.6. The molecule has 0 saturated carbocycles. The monoisotopic (exact) mass is 469 g/mol. The highest BCUT2D eigenvalue weighted by atomic mass is 32.2. The summed E-state index contributed by atoms with van der Waals surface area (Å²) < 4.78 is 0. The first kappa shape index (κ1) is 20.2. The molecule has 0 unspecified atom stereocenters. The van der Waals surface area contributed by atoms with E-state index < -0.39 is 5.41 Å². The summed E-state index contributed by atoms with van der Waals surface area (Å²) in [5.41, 5.74) is 8.34. The maximum absolute atomic E-state index is 12.1. The van der Waals surface area contributed by atoms with E-state index in [4.69, 9.17) is 0 Å². The highest BCUT2D eigenvalue weighted by Crippen LogP contribution is 2.63. The van der Waals surface area contributed by atoms with Crippen molar-refractivity contribution in [3.8, 4) is 22.3 Å². The van der Waals surface area contributed by atoms with E-state index in [9.17, 15) is 10.1 Å². The van der Waals surface area contributed by atoms with Gasteiger partial charge in [-0.3, -0.25) is 10.1 Å². The lowest BCUT2D eigenvalue weighted by molar-refractivity contribution is -0.384. The molecule has 7 rings (SSSR count). The number of nitro benzene ring substituents is 1. The first-order valence-electron chi connectivity index (χ1n) is 11.6. The molecule has 1 heterocycles. The molecule has 2 aliphatic rings. The number of rotatable bonds is 2. The Morgan fingerprint density at radius 1 is 0.543 bits per heavy atom. The van der Waals surface area contributed by atoms with Crippen molar-refractivity contribution in [2.24, 2.45) is 0 Å². The molecule has 0 radical (unpaired) electrons. The Morgan fingerprint density at radius 2 is 1.06 bits per heavy atom. The van der Waals surface area contributed by atoms with Gasteiger partial charge < -0.3 is 0 Å². The van der Waals surface area contributed by atoms with Gasteiger partial charge in [-0.05, 0) is 57.1 Å². The maximum atomic E-state index is 12.1. The molecule has 4 heteroatoms. The summed E-state index contributed by atoms with van der Waals surface area (Å²) in [4.78, 5) is 14.1. The predicted octanol–water partition coefficient (Wildman–Crippen LogP) is 8.09. The average molecular weight is 470 g/mol. The number of nitro groups is 1. The van der Waals surface area contributed by atoms with Gasteiger partial charge in [-0.1, -0.05) is 103 Å². The number of fused-ring (bicyclic) bond motifs is 9. The van der Waals surface area contributed by atoms with E-state index in [0.29, 0.717) is 5.56 Å². The summed E-state index contributed by atoms with van der Waals surface area (Å²) in [6.45, 7) is 0. The van der Waals surface area contributed by atoms with Crippen molar-refractivity contribution in [3.05, 3.63) is 148 Å². The van der Waals surface area contributed by atoms with Gasteiger partial charge in [0.2, 0.25) is 0 Å². The average Bonchev–Trinajstić information content (AvgIpc) is 3.19. The van der Waals surface area contributed by atoms with Crippen LogP contribution < -0.4 is 0 Å². The molecule has 5 aromatic rings. The standard InChI is InChI=1S/C31H19NO2S/c33-32(34)27-17-7-3-12-22(27)23-13-9-19-29-30(23)31(26-16-6-8-18-28(26)35-29)24-14-4-1-10-20(24)21-11-2-5-15-25(21)31/h1-19H. The van der Waals surface area contributed by atoms with E-state index in [1.54, 1.807) is 23.9 Å². The fraction of sp³-hybridized carbons (Fsp3) is 0.0323. The SMILES string of the molecule is O=[N+]([O-])c1ccccc1-c1cccc2c1C1(c3ccccc3S2)c2ccccc2-c2ccccc21. The van der Waals surface area contributed by atoms with Gasteiger partial charge in [0.1, 0.15) is 0 Å². The fourth-order valence-corrected chi connectivity index (χ4v) is 7.23. The van der Waals surface area contributed by atoms with Crippen molar-refractivity contribution in [1.82, 2.24) is 0 Å². The lowest BCUT2D eigenvalue weighted by Gasteiger charge is -2.41. The Bertz CT molecular complexity index is 1630. The number of nitrogens with zero attached hydrogens (tertiary/aromatic N) is 1. The third kappa shape index (κ3) is 2.63. The molecule has 0 N–H and O–H groups in total. The van der Waals surface area contributed by atoms with Crippen molar-refractivity contribution in [2.75, 3.05) is 0 Å². The van der Waals surface area contributed by atoms with Crippen LogP contribution in [0.2, 0.25) is 0 Å². The number of hydrogen-bond acceptors (Lipinski definition) is 3. The van der Waals surface area contributed by atoms with Gasteiger partial charge in [-0.15, -0.1) is 0 Å². The van der Waals surface area contributed by atoms with Crippen LogP contribution in [0.15, 0.2) is 125 Å². The highest BCUT2D eigenvalue weighted by molar-refractivity contribution is 7.99. The second-order valence-corrected chi connectivity index (χ2v) is 9.98. The number of para-hydroxylation sites is 1. The third-order valence-corrected chi connectivity index (χ3v) is 8.39. The summed E-state index contributed by atoms with van der Waals surface area (Å²) in [6, 6.07) is 39.1. The Labute approximate surface area is 207 Å². The fourth-order valence-electron chi connectivity index (χ4n) is 6.00. The maximum Gasteiger partial charge on any atom is 0.277 e. The lowest BCUT2D eigenvalue weighted by Crippen LogP contribution is -2.32. The van der Waals surface area contributed by atoms with Crippen molar-refractivity contribution >= 4 is 17.4 Å². The van der Waals surface area contributed by atoms with Gasteiger partial charge in [-0.25, -0.2) is 0 Å². The molecule has 166 valence electrons. The van der Waals surface area contributed by atoms with Crippen LogP contribution in [0, 0.1) is 10.1 Å². The van der Waals surface area contributed by atoms with Crippen molar-refractivity contribution < 1.29 is 4.92 Å². The van der Waals surface area contributed by atoms with Crippen LogP contribution in [-0.2, 0) is 5.41 Å². The van der Waals surface area contributed by atoms with Crippen molar-refractivity contribution in [3.63, 3.8) is 0 Å². The minimum Gasteiger partial charge on any atom is -0.258 e. The minimum atomic E-state index is -0.565. The second-order valence-electron chi connectivity index (χ2n) is 8.89. The molecule has 3 nitrogen and oxygen atoms in total. The second kappa shape index (κ2) is 7.42. The van der Waals surface area contributed by atoms with Crippen LogP contribution in [0.1, 0.15) is 22.3 Å². The van der Waals surface area contributed by atoms with Gasteiger partial charge in [0.25, 0.3) is 5.69 Å². The van der Waals surface area contributed by atoms with E-state index >= 15 is 0 Å². The molecule has 0 saturated heterocycles. The third-order valence-electron chi connectivity index (χ3n) is 7.26. The van der Waals surface area contributed by atoms with Crippen LogP contribution >= 0.6 is 11.8 Å². The smallest absolute Gasteiger partial charge is 0.258 e. The normalized spacial score (nSPS) is 14.1. The number of hydrogen-bond donors (Lipinski definition) is 0. The molecule has 5 aromatic carbocycles. The van der Waals surface area contributed by atoms with Crippen molar-refractivity contribution in [1.29, 1.82) is 0 Å². The summed E-state index contributed by atoms with van der Waals surface area (Å²) in [5.74, 6) is 0. The van der Waals surface area contributed by atoms with E-state index in [0.717, 1.165) is 16.0 Å². The quantitative estimate of drug-likeness (QED) is 0.190. The lowest BCUT2D eigenvalue weighted by atomic mass is 9.65. The molecular formula is C31H19NO2S. The zero-order valence-corrected chi connectivity index (χ0v) is 19.5. The zero-order chi connectivity index (χ0) is 23.6. The van der Waals surface area contributed by atoms with Gasteiger partial charge in [0.05, 0.1) is 15.9 Å². The largest absolute Gasteiger partial charge is 0.277 e. The van der Waals surface area contributed by atoms with Gasteiger partial charge >= 0.3 is 0 Å². The molecule has 1 aliphatic heterocycles. The van der Waals surface area contributed by atoms with Crippen molar-refractivity contribution in [2.45, 2.75) is 15.2 Å². The van der Waals surface area contributed by atoms with Crippen LogP contribution in [0.25, 0.3) is 22.3 Å². The van der Waals surface area contributed by atoms with Gasteiger partial charge in [-0.2, -0.15) is 0 Å². The van der Waals surface area contributed by atoms with E-state index in [1.165, 1.54) is 32.7 Å². The molecule has 0 atom stereocenters. The molecule has 35 heavy (non-hydrogen) atoms. The number of benzene rings is 5. The van der Waals surface area contributed by atoms with Crippen LogP contribution in [0.4, 0.5) is 5.69 Å². The summed E-state index contributed by atoms with van der Waals surface area (Å²) >= 11 is 1.75. The minimum absolute atomic E-state index is 0.125. The molecule has 0 bridgehead atoms. The topological polar surface area (TPSA) is 43.1 Å². The molecule has 0 fully saturated rings.